The van der Waals surface area contributed by atoms with Crippen LogP contribution in [0, 0.1) is 19.8 Å². The van der Waals surface area contributed by atoms with Gasteiger partial charge < -0.3 is 10.6 Å². The van der Waals surface area contributed by atoms with Crippen LogP contribution in [0.1, 0.15) is 45.5 Å². The molecule has 7 rings (SSSR count). The normalized spacial score (nSPS) is 29.4. The predicted molar refractivity (Wildman–Crippen MR) is 145 cm³/mol. The van der Waals surface area contributed by atoms with Gasteiger partial charge in [0, 0.05) is 33.0 Å². The molecule has 4 aliphatic heterocycles. The Morgan fingerprint density at radius 2 is 1.70 bits per heavy atom. The van der Waals surface area contributed by atoms with Crippen molar-refractivity contribution in [1.29, 1.82) is 0 Å². The molecule has 2 N–H and O–H groups in total. The fourth-order valence-electron chi connectivity index (χ4n) is 7.69. The van der Waals surface area contributed by atoms with E-state index in [0.29, 0.717) is 17.8 Å². The van der Waals surface area contributed by atoms with Crippen LogP contribution in [0.5, 0.6) is 0 Å². The van der Waals surface area contributed by atoms with Gasteiger partial charge in [0.1, 0.15) is 11.0 Å². The third kappa shape index (κ3) is 2.56. The van der Waals surface area contributed by atoms with E-state index in [9.17, 15) is 14.4 Å². The van der Waals surface area contributed by atoms with Crippen LogP contribution in [0.3, 0.4) is 0 Å². The quantitative estimate of drug-likeness (QED) is 0.432. The van der Waals surface area contributed by atoms with Gasteiger partial charge in [0.25, 0.3) is 5.91 Å². The Kier molecular flexibility index (Phi) is 4.71. The molecule has 2 fully saturated rings. The van der Waals surface area contributed by atoms with Gasteiger partial charge in [-0.25, -0.2) is 0 Å². The maximum absolute atomic E-state index is 14.5. The number of hydrogen-bond donors (Lipinski definition) is 2. The van der Waals surface area contributed by atoms with E-state index in [1.807, 2.05) is 62.4 Å². The molecule has 4 heterocycles. The lowest BCUT2D eigenvalue weighted by atomic mass is 9.57. The van der Waals surface area contributed by atoms with Crippen molar-refractivity contribution >= 4 is 44.9 Å². The topological polar surface area (TPSA) is 78.5 Å². The zero-order valence-corrected chi connectivity index (χ0v) is 22.2. The third-order valence-corrected chi connectivity index (χ3v) is 9.74. The van der Waals surface area contributed by atoms with Crippen LogP contribution in [-0.2, 0) is 20.5 Å². The molecule has 2 saturated heterocycles. The van der Waals surface area contributed by atoms with Gasteiger partial charge in [-0.2, -0.15) is 0 Å². The van der Waals surface area contributed by atoms with Gasteiger partial charge in [-0.15, -0.1) is 0 Å². The summed E-state index contributed by atoms with van der Waals surface area (Å²) in [6, 6.07) is 18.7. The number of amides is 2. The highest BCUT2D eigenvalue weighted by molar-refractivity contribution is 9.10. The van der Waals surface area contributed by atoms with Crippen molar-refractivity contribution in [2.45, 2.75) is 43.7 Å². The van der Waals surface area contributed by atoms with Crippen LogP contribution in [0.4, 0.5) is 11.4 Å². The Morgan fingerprint density at radius 3 is 2.49 bits per heavy atom. The smallest absolute Gasteiger partial charge is 0.251 e. The third-order valence-electron chi connectivity index (χ3n) is 9.21. The van der Waals surface area contributed by atoms with E-state index >= 15 is 0 Å². The fourth-order valence-corrected chi connectivity index (χ4v) is 7.95. The number of nitrogens with zero attached hydrogens (tertiary/aromatic N) is 1. The summed E-state index contributed by atoms with van der Waals surface area (Å²) < 4.78 is 0.878. The highest BCUT2D eigenvalue weighted by Crippen LogP contribution is 2.68. The number of halogens is 1. The minimum atomic E-state index is -1.41. The number of carbonyl (C=O) groups excluding carboxylic acids is 3. The highest BCUT2D eigenvalue weighted by atomic mass is 79.9. The number of nitrogens with one attached hydrogen (secondary N) is 2. The number of rotatable bonds is 2. The molecule has 2 spiro atoms. The molecule has 7 heteroatoms. The Balaban J connectivity index is 1.59. The average molecular weight is 556 g/mol. The maximum Gasteiger partial charge on any atom is 0.251 e. The van der Waals surface area contributed by atoms with E-state index in [2.05, 4.69) is 31.5 Å². The number of Topliss-reactive ketones (excluding diaryl/α,β-unsaturated/α-hetero) is 1. The van der Waals surface area contributed by atoms with Gasteiger partial charge >= 0.3 is 0 Å². The summed E-state index contributed by atoms with van der Waals surface area (Å²) in [5.41, 5.74) is 2.84. The van der Waals surface area contributed by atoms with E-state index in [-0.39, 0.29) is 23.6 Å². The number of para-hydroxylation sites is 1. The van der Waals surface area contributed by atoms with Gasteiger partial charge in [-0.3, -0.25) is 19.3 Å². The van der Waals surface area contributed by atoms with E-state index < -0.39 is 16.9 Å². The zero-order valence-electron chi connectivity index (χ0n) is 20.6. The van der Waals surface area contributed by atoms with Crippen LogP contribution in [0.2, 0.25) is 0 Å². The maximum atomic E-state index is 14.5. The molecule has 0 radical (unpaired) electrons. The molecule has 4 atom stereocenters. The summed E-state index contributed by atoms with van der Waals surface area (Å²) in [6.45, 7) is 4.67. The number of benzene rings is 3. The fraction of sp³-hybridized carbons (Fsp3) is 0.300. The summed E-state index contributed by atoms with van der Waals surface area (Å²) in [6.07, 6.45) is 1.61. The lowest BCUT2D eigenvalue weighted by Crippen LogP contribution is -2.62. The molecule has 0 aliphatic carbocycles. The number of carbonyl (C=O) groups is 3. The summed E-state index contributed by atoms with van der Waals surface area (Å²) in [5.74, 6) is -1.32. The Morgan fingerprint density at radius 1 is 0.946 bits per heavy atom. The number of ketones is 1. The number of fused-ring (bicyclic) bond motifs is 7. The van der Waals surface area contributed by atoms with E-state index in [1.54, 1.807) is 12.1 Å². The highest BCUT2D eigenvalue weighted by Gasteiger charge is 2.81. The Labute approximate surface area is 223 Å². The van der Waals surface area contributed by atoms with Crippen molar-refractivity contribution in [3.8, 4) is 0 Å². The first-order valence-corrected chi connectivity index (χ1v) is 13.5. The molecule has 0 saturated carbocycles. The van der Waals surface area contributed by atoms with Crippen LogP contribution in [0.15, 0.2) is 65.1 Å². The second kappa shape index (κ2) is 7.62. The summed E-state index contributed by atoms with van der Waals surface area (Å²) >= 11 is 3.46. The average Bonchev–Trinajstić information content (AvgIpc) is 3.61. The SMILES string of the molecule is Cc1ccc2c(c1C)NC(=O)[C@@]21N2CCC[C@@H]2[C@H](C(=O)c2ccc(Br)cc2)[C@]12C(=O)Nc1ccccc12. The van der Waals surface area contributed by atoms with Gasteiger partial charge in [0.15, 0.2) is 5.78 Å². The molecule has 0 unspecified atom stereocenters. The van der Waals surface area contributed by atoms with Crippen molar-refractivity contribution in [1.82, 2.24) is 4.90 Å². The van der Waals surface area contributed by atoms with E-state index in [0.717, 1.165) is 45.3 Å². The molecular weight excluding hydrogens is 530 g/mol. The molecule has 2 amide bonds. The number of anilines is 2. The van der Waals surface area contributed by atoms with Crippen LogP contribution in [0.25, 0.3) is 0 Å². The van der Waals surface area contributed by atoms with Crippen molar-refractivity contribution in [3.63, 3.8) is 0 Å². The molecule has 6 nitrogen and oxygen atoms in total. The molecule has 0 bridgehead atoms. The monoisotopic (exact) mass is 555 g/mol. The molecule has 186 valence electrons. The van der Waals surface area contributed by atoms with Crippen molar-refractivity contribution in [2.24, 2.45) is 5.92 Å². The second-order valence-corrected chi connectivity index (χ2v) is 11.6. The number of aryl methyl sites for hydroxylation is 1. The molecule has 37 heavy (non-hydrogen) atoms. The second-order valence-electron chi connectivity index (χ2n) is 10.7. The summed E-state index contributed by atoms with van der Waals surface area (Å²) in [5, 5.41) is 6.27. The molecule has 4 aliphatic rings. The van der Waals surface area contributed by atoms with E-state index in [4.69, 9.17) is 0 Å². The van der Waals surface area contributed by atoms with Crippen molar-refractivity contribution in [3.05, 3.63) is 93.0 Å². The predicted octanol–water partition coefficient (Wildman–Crippen LogP) is 5.08. The van der Waals surface area contributed by atoms with Crippen molar-refractivity contribution < 1.29 is 14.4 Å². The Bertz CT molecular complexity index is 1530. The van der Waals surface area contributed by atoms with Crippen LogP contribution < -0.4 is 10.6 Å². The lowest BCUT2D eigenvalue weighted by molar-refractivity contribution is -0.137. The molecule has 3 aromatic rings. The standard InChI is InChI=1S/C30H26BrN3O3/c1-16-9-14-21-25(17(16)2)33-28(37)30(21)29(20-6-3-4-7-22(20)32-27(29)36)24(23-8-5-15-34(23)30)26(35)18-10-12-19(31)13-11-18/h3-4,6-7,9-14,23-24H,5,8,15H2,1-2H3,(H,32,36)(H,33,37)/t23-,24-,29-,30+/m1/s1. The minimum Gasteiger partial charge on any atom is -0.325 e. The van der Waals surface area contributed by atoms with Crippen molar-refractivity contribution in [2.75, 3.05) is 17.2 Å². The molecule has 3 aromatic carbocycles. The van der Waals surface area contributed by atoms with E-state index in [1.165, 1.54) is 0 Å². The van der Waals surface area contributed by atoms with Gasteiger partial charge in [0.05, 0.1) is 5.92 Å². The minimum absolute atomic E-state index is 0.0989. The molecular formula is C30H26BrN3O3. The first-order chi connectivity index (χ1) is 17.8. The Hall–Kier alpha value is -3.29. The zero-order chi connectivity index (χ0) is 25.7. The van der Waals surface area contributed by atoms with Gasteiger partial charge in [0.2, 0.25) is 5.91 Å². The van der Waals surface area contributed by atoms with Crippen LogP contribution in [-0.4, -0.2) is 35.1 Å². The first-order valence-electron chi connectivity index (χ1n) is 12.7. The lowest BCUT2D eigenvalue weighted by Gasteiger charge is -2.43. The van der Waals surface area contributed by atoms with Gasteiger partial charge in [-0.1, -0.05) is 58.4 Å². The van der Waals surface area contributed by atoms with Crippen LogP contribution >= 0.6 is 15.9 Å². The van der Waals surface area contributed by atoms with Gasteiger partial charge in [-0.05, 0) is 68.1 Å². The molecule has 0 aromatic heterocycles. The number of hydrogen-bond acceptors (Lipinski definition) is 4. The summed E-state index contributed by atoms with van der Waals surface area (Å²) in [7, 11) is 0. The summed E-state index contributed by atoms with van der Waals surface area (Å²) in [4.78, 5) is 45.7. The first kappa shape index (κ1) is 22.9. The largest absolute Gasteiger partial charge is 0.325 e.